The highest BCUT2D eigenvalue weighted by molar-refractivity contribution is 9.10. The Morgan fingerprint density at radius 3 is 2.72 bits per heavy atom. The van der Waals surface area contributed by atoms with Gasteiger partial charge in [0.2, 0.25) is 0 Å². The summed E-state index contributed by atoms with van der Waals surface area (Å²) in [6, 6.07) is 6.19. The largest absolute Gasteiger partial charge is 0.508 e. The fraction of sp³-hybridized carbons (Fsp3) is 0.571. The monoisotopic (exact) mass is 329 g/mol. The Labute approximate surface area is 122 Å². The van der Waals surface area contributed by atoms with Gasteiger partial charge in [0.15, 0.2) is 0 Å². The van der Waals surface area contributed by atoms with E-state index in [9.17, 15) is 5.11 Å². The first-order chi connectivity index (χ1) is 8.69. The van der Waals surface area contributed by atoms with Crippen LogP contribution >= 0.6 is 27.7 Å². The van der Waals surface area contributed by atoms with Crippen molar-refractivity contribution in [2.75, 3.05) is 6.26 Å². The molecule has 0 atom stereocenters. The second-order valence-corrected chi connectivity index (χ2v) is 6.92. The van der Waals surface area contributed by atoms with Crippen LogP contribution in [-0.2, 0) is 6.54 Å². The van der Waals surface area contributed by atoms with Crippen LogP contribution in [0.2, 0.25) is 0 Å². The summed E-state index contributed by atoms with van der Waals surface area (Å²) in [5.41, 5.74) is 0.969. The maximum absolute atomic E-state index is 9.78. The molecule has 4 heteroatoms. The first-order valence-corrected chi connectivity index (χ1v) is 8.50. The summed E-state index contributed by atoms with van der Waals surface area (Å²) in [7, 11) is 0. The average molecular weight is 330 g/mol. The molecule has 0 aliphatic heterocycles. The van der Waals surface area contributed by atoms with Crippen LogP contribution in [0.3, 0.4) is 0 Å². The predicted octanol–water partition coefficient (Wildman–Crippen LogP) is 3.92. The van der Waals surface area contributed by atoms with E-state index in [0.29, 0.717) is 11.8 Å². The second kappa shape index (κ2) is 6.83. The number of aromatic hydroxyl groups is 1. The maximum atomic E-state index is 9.78. The van der Waals surface area contributed by atoms with Gasteiger partial charge in [-0.1, -0.05) is 15.9 Å². The van der Waals surface area contributed by atoms with Crippen LogP contribution in [0.5, 0.6) is 5.75 Å². The molecule has 2 N–H and O–H groups in total. The van der Waals surface area contributed by atoms with Gasteiger partial charge in [0.1, 0.15) is 5.75 Å². The summed E-state index contributed by atoms with van der Waals surface area (Å²) < 4.78 is 1.02. The third kappa shape index (κ3) is 3.90. The number of rotatable bonds is 4. The molecule has 0 amide bonds. The molecule has 0 heterocycles. The second-order valence-electron chi connectivity index (χ2n) is 4.86. The Hall–Kier alpha value is -0.190. The fourth-order valence-corrected chi connectivity index (χ4v) is 3.60. The van der Waals surface area contributed by atoms with E-state index in [1.807, 2.05) is 23.9 Å². The first kappa shape index (κ1) is 14.2. The zero-order valence-electron chi connectivity index (χ0n) is 10.7. The molecule has 1 aromatic rings. The van der Waals surface area contributed by atoms with Crippen LogP contribution in [0.25, 0.3) is 0 Å². The van der Waals surface area contributed by atoms with Crippen molar-refractivity contribution >= 4 is 27.7 Å². The van der Waals surface area contributed by atoms with Gasteiger partial charge in [-0.15, -0.1) is 0 Å². The average Bonchev–Trinajstić information content (AvgIpc) is 2.40. The lowest BCUT2D eigenvalue weighted by atomic mass is 9.95. The van der Waals surface area contributed by atoms with Crippen molar-refractivity contribution in [3.63, 3.8) is 0 Å². The number of hydrogen-bond acceptors (Lipinski definition) is 3. The van der Waals surface area contributed by atoms with Crippen LogP contribution in [0.15, 0.2) is 22.7 Å². The molecule has 0 saturated heterocycles. The van der Waals surface area contributed by atoms with E-state index in [0.717, 1.165) is 21.8 Å². The van der Waals surface area contributed by atoms with Crippen molar-refractivity contribution in [2.45, 2.75) is 43.5 Å². The van der Waals surface area contributed by atoms with Crippen molar-refractivity contribution in [2.24, 2.45) is 0 Å². The number of hydrogen-bond donors (Lipinski definition) is 2. The Morgan fingerprint density at radius 2 is 2.06 bits per heavy atom. The van der Waals surface area contributed by atoms with E-state index < -0.39 is 0 Å². The van der Waals surface area contributed by atoms with Crippen LogP contribution in [0, 0.1) is 0 Å². The summed E-state index contributed by atoms with van der Waals surface area (Å²) in [5, 5.41) is 14.2. The number of phenols is 1. The molecule has 0 spiro atoms. The minimum absolute atomic E-state index is 0.378. The van der Waals surface area contributed by atoms with Crippen molar-refractivity contribution in [3.05, 3.63) is 28.2 Å². The van der Waals surface area contributed by atoms with E-state index >= 15 is 0 Å². The van der Waals surface area contributed by atoms with Crippen molar-refractivity contribution < 1.29 is 5.11 Å². The van der Waals surface area contributed by atoms with Crippen molar-refractivity contribution in [3.8, 4) is 5.75 Å². The van der Waals surface area contributed by atoms with Gasteiger partial charge >= 0.3 is 0 Å². The van der Waals surface area contributed by atoms with E-state index in [-0.39, 0.29) is 0 Å². The molecule has 1 aliphatic carbocycles. The zero-order valence-corrected chi connectivity index (χ0v) is 13.1. The SMILES string of the molecule is CSC1CCC(NCc2cc(Br)ccc2O)CC1. The molecule has 2 rings (SSSR count). The Kier molecular flexibility index (Phi) is 5.39. The number of halogens is 1. The Morgan fingerprint density at radius 1 is 1.33 bits per heavy atom. The first-order valence-electron chi connectivity index (χ1n) is 6.42. The third-order valence-electron chi connectivity index (χ3n) is 3.63. The number of benzene rings is 1. The van der Waals surface area contributed by atoms with Gasteiger partial charge in [-0.2, -0.15) is 11.8 Å². The summed E-state index contributed by atoms with van der Waals surface area (Å²) in [5.74, 6) is 0.378. The van der Waals surface area contributed by atoms with Gasteiger partial charge in [0, 0.05) is 27.9 Å². The molecular formula is C14H20BrNOS. The minimum atomic E-state index is 0.378. The summed E-state index contributed by atoms with van der Waals surface area (Å²) in [4.78, 5) is 0. The molecule has 0 unspecified atom stereocenters. The smallest absolute Gasteiger partial charge is 0.120 e. The molecule has 1 saturated carbocycles. The van der Waals surface area contributed by atoms with Gasteiger partial charge in [-0.25, -0.2) is 0 Å². The Balaban J connectivity index is 1.83. The standard InChI is InChI=1S/C14H20BrNOS/c1-18-13-5-3-12(4-6-13)16-9-10-8-11(15)2-7-14(10)17/h2,7-8,12-13,16-17H,3-6,9H2,1H3. The zero-order chi connectivity index (χ0) is 13.0. The molecule has 0 aromatic heterocycles. The van der Waals surface area contributed by atoms with Crippen LogP contribution in [-0.4, -0.2) is 22.7 Å². The predicted molar refractivity (Wildman–Crippen MR) is 82.2 cm³/mol. The van der Waals surface area contributed by atoms with E-state index in [1.54, 1.807) is 6.07 Å². The normalized spacial score (nSPS) is 24.1. The van der Waals surface area contributed by atoms with Crippen LogP contribution in [0.1, 0.15) is 31.2 Å². The highest BCUT2D eigenvalue weighted by atomic mass is 79.9. The molecule has 18 heavy (non-hydrogen) atoms. The van der Waals surface area contributed by atoms with Crippen LogP contribution in [0.4, 0.5) is 0 Å². The molecule has 0 radical (unpaired) electrons. The molecule has 1 aliphatic rings. The molecule has 0 bridgehead atoms. The quantitative estimate of drug-likeness (QED) is 0.878. The molecule has 1 aromatic carbocycles. The van der Waals surface area contributed by atoms with Crippen molar-refractivity contribution in [1.29, 1.82) is 0 Å². The summed E-state index contributed by atoms with van der Waals surface area (Å²) in [6.45, 7) is 0.750. The lowest BCUT2D eigenvalue weighted by molar-refractivity contribution is 0.375. The molecular weight excluding hydrogens is 310 g/mol. The molecule has 2 nitrogen and oxygen atoms in total. The van der Waals surface area contributed by atoms with E-state index in [4.69, 9.17) is 0 Å². The maximum Gasteiger partial charge on any atom is 0.120 e. The number of nitrogens with one attached hydrogen (secondary N) is 1. The Bertz CT molecular complexity index is 391. The third-order valence-corrected chi connectivity index (χ3v) is 5.26. The lowest BCUT2D eigenvalue weighted by Crippen LogP contribution is -2.33. The molecule has 100 valence electrons. The van der Waals surface area contributed by atoms with E-state index in [1.165, 1.54) is 25.7 Å². The number of phenolic OH excluding ortho intramolecular Hbond substituents is 1. The highest BCUT2D eigenvalue weighted by Crippen LogP contribution is 2.27. The van der Waals surface area contributed by atoms with Gasteiger partial charge in [-0.3, -0.25) is 0 Å². The van der Waals surface area contributed by atoms with Crippen molar-refractivity contribution in [1.82, 2.24) is 5.32 Å². The van der Waals surface area contributed by atoms with Gasteiger partial charge in [0.25, 0.3) is 0 Å². The topological polar surface area (TPSA) is 32.3 Å². The van der Waals surface area contributed by atoms with Crippen LogP contribution < -0.4 is 5.32 Å². The highest BCUT2D eigenvalue weighted by Gasteiger charge is 2.20. The minimum Gasteiger partial charge on any atom is -0.508 e. The lowest BCUT2D eigenvalue weighted by Gasteiger charge is -2.28. The van der Waals surface area contributed by atoms with E-state index in [2.05, 4.69) is 27.5 Å². The molecule has 1 fully saturated rings. The summed E-state index contributed by atoms with van der Waals surface area (Å²) in [6.07, 6.45) is 7.32. The van der Waals surface area contributed by atoms with Gasteiger partial charge in [-0.05, 0) is 50.1 Å². The van der Waals surface area contributed by atoms with Gasteiger partial charge in [0.05, 0.1) is 0 Å². The summed E-state index contributed by atoms with van der Waals surface area (Å²) >= 11 is 5.43. The number of thioether (sulfide) groups is 1. The van der Waals surface area contributed by atoms with Gasteiger partial charge < -0.3 is 10.4 Å². The fourth-order valence-electron chi connectivity index (χ4n) is 2.45.